The van der Waals surface area contributed by atoms with Crippen LogP contribution in [-0.4, -0.2) is 27.1 Å². The van der Waals surface area contributed by atoms with E-state index >= 15 is 0 Å². The molecule has 0 aliphatic carbocycles. The van der Waals surface area contributed by atoms with Gasteiger partial charge in [-0.1, -0.05) is 0 Å². The maximum absolute atomic E-state index is 10.6. The summed E-state index contributed by atoms with van der Waals surface area (Å²) in [6, 6.07) is 1.08. The molecule has 0 heterocycles. The predicted octanol–water partition coefficient (Wildman–Crippen LogP) is 0.822. The highest BCUT2D eigenvalue weighted by Crippen LogP contribution is 2.30. The smallest absolute Gasteiger partial charge is 0.321 e. The summed E-state index contributed by atoms with van der Waals surface area (Å²) in [5.74, 6) is -1.04. The first-order chi connectivity index (χ1) is 5.81. The van der Waals surface area contributed by atoms with Crippen LogP contribution in [0.4, 0.5) is 0 Å². The molecule has 74 valence electrons. The monoisotopic (exact) mass is 202 g/mol. The van der Waals surface area contributed by atoms with E-state index in [9.17, 15) is 4.79 Å². The fourth-order valence-corrected chi connectivity index (χ4v) is 2.06. The molecule has 5 heteroatoms. The standard InChI is InChI=1S/C8H14N2O2S/c1-5(4-9)13-8(2,3)6(10)7(11)12/h5-6H,10H2,1-3H3,(H,11,12)/t5?,6-/m0/s1. The van der Waals surface area contributed by atoms with Gasteiger partial charge in [0.25, 0.3) is 0 Å². The number of hydrogen-bond donors (Lipinski definition) is 2. The van der Waals surface area contributed by atoms with E-state index in [0.717, 1.165) is 0 Å². The number of rotatable bonds is 4. The molecule has 0 amide bonds. The molecule has 0 aromatic carbocycles. The summed E-state index contributed by atoms with van der Waals surface area (Å²) in [4.78, 5) is 10.6. The van der Waals surface area contributed by atoms with E-state index in [1.54, 1.807) is 20.8 Å². The van der Waals surface area contributed by atoms with Crippen molar-refractivity contribution in [2.24, 2.45) is 5.73 Å². The van der Waals surface area contributed by atoms with Crippen molar-refractivity contribution < 1.29 is 9.90 Å². The molecule has 0 rings (SSSR count). The Bertz CT molecular complexity index is 235. The van der Waals surface area contributed by atoms with Crippen LogP contribution in [0.1, 0.15) is 20.8 Å². The van der Waals surface area contributed by atoms with Gasteiger partial charge in [0, 0.05) is 4.75 Å². The van der Waals surface area contributed by atoms with Gasteiger partial charge >= 0.3 is 5.97 Å². The number of thioether (sulfide) groups is 1. The number of nitrogens with zero attached hydrogens (tertiary/aromatic N) is 1. The van der Waals surface area contributed by atoms with Crippen molar-refractivity contribution >= 4 is 17.7 Å². The van der Waals surface area contributed by atoms with Gasteiger partial charge in [-0.15, -0.1) is 11.8 Å². The minimum Gasteiger partial charge on any atom is -0.480 e. The Morgan fingerprint density at radius 3 is 2.46 bits per heavy atom. The van der Waals surface area contributed by atoms with E-state index < -0.39 is 16.8 Å². The Morgan fingerprint density at radius 2 is 2.15 bits per heavy atom. The average Bonchev–Trinajstić information content (AvgIpc) is 2.01. The van der Waals surface area contributed by atoms with Crippen LogP contribution in [0.2, 0.25) is 0 Å². The number of carboxylic acid groups (broad SMARTS) is 1. The number of carboxylic acids is 1. The average molecular weight is 202 g/mol. The molecule has 0 saturated carbocycles. The van der Waals surface area contributed by atoms with Crippen molar-refractivity contribution in [2.45, 2.75) is 36.8 Å². The van der Waals surface area contributed by atoms with Gasteiger partial charge in [-0.2, -0.15) is 5.26 Å². The molecule has 3 N–H and O–H groups in total. The summed E-state index contributed by atoms with van der Waals surface area (Å²) < 4.78 is -0.624. The van der Waals surface area contributed by atoms with E-state index in [4.69, 9.17) is 16.1 Å². The lowest BCUT2D eigenvalue weighted by molar-refractivity contribution is -0.139. The number of hydrogen-bond acceptors (Lipinski definition) is 4. The maximum Gasteiger partial charge on any atom is 0.321 e. The second-order valence-electron chi connectivity index (χ2n) is 3.31. The summed E-state index contributed by atoms with van der Waals surface area (Å²) in [5.41, 5.74) is 5.47. The molecular formula is C8H14N2O2S. The second kappa shape index (κ2) is 4.49. The number of aliphatic carboxylic acids is 1. The topological polar surface area (TPSA) is 87.1 Å². The number of nitriles is 1. The van der Waals surface area contributed by atoms with Gasteiger partial charge in [-0.05, 0) is 20.8 Å². The summed E-state index contributed by atoms with van der Waals surface area (Å²) in [7, 11) is 0. The van der Waals surface area contributed by atoms with Gasteiger partial charge in [0.1, 0.15) is 6.04 Å². The molecule has 1 unspecified atom stereocenters. The molecule has 13 heavy (non-hydrogen) atoms. The minimum atomic E-state index is -1.04. The van der Waals surface area contributed by atoms with Gasteiger partial charge in [0.05, 0.1) is 11.3 Å². The quantitative estimate of drug-likeness (QED) is 0.704. The van der Waals surface area contributed by atoms with Crippen molar-refractivity contribution in [2.75, 3.05) is 0 Å². The first-order valence-corrected chi connectivity index (χ1v) is 4.75. The van der Waals surface area contributed by atoms with Crippen LogP contribution < -0.4 is 5.73 Å². The molecule has 0 saturated heterocycles. The molecule has 0 aromatic heterocycles. The minimum absolute atomic E-state index is 0.250. The maximum atomic E-state index is 10.6. The van der Waals surface area contributed by atoms with E-state index in [-0.39, 0.29) is 5.25 Å². The molecule has 0 fully saturated rings. The molecule has 4 nitrogen and oxygen atoms in total. The first-order valence-electron chi connectivity index (χ1n) is 3.87. The Labute approximate surface area is 82.1 Å². The van der Waals surface area contributed by atoms with E-state index in [0.29, 0.717) is 0 Å². The van der Waals surface area contributed by atoms with Crippen LogP contribution in [0.25, 0.3) is 0 Å². The molecular weight excluding hydrogens is 188 g/mol. The molecule has 0 bridgehead atoms. The highest BCUT2D eigenvalue weighted by Gasteiger charge is 2.34. The zero-order valence-electron chi connectivity index (χ0n) is 7.94. The van der Waals surface area contributed by atoms with Crippen LogP contribution in [-0.2, 0) is 4.79 Å². The lowest BCUT2D eigenvalue weighted by Gasteiger charge is -2.28. The normalized spacial score (nSPS) is 15.9. The van der Waals surface area contributed by atoms with Crippen molar-refractivity contribution in [3.05, 3.63) is 0 Å². The van der Waals surface area contributed by atoms with E-state index in [1.807, 2.05) is 6.07 Å². The molecule has 2 atom stereocenters. The van der Waals surface area contributed by atoms with Gasteiger partial charge in [0.2, 0.25) is 0 Å². The van der Waals surface area contributed by atoms with Gasteiger partial charge in [-0.25, -0.2) is 0 Å². The molecule has 0 spiro atoms. The SMILES string of the molecule is CC(C#N)SC(C)(C)[C@@H](N)C(=O)O. The van der Waals surface area contributed by atoms with Crippen LogP contribution in [0.5, 0.6) is 0 Å². The predicted molar refractivity (Wildman–Crippen MR) is 52.4 cm³/mol. The van der Waals surface area contributed by atoms with E-state index in [2.05, 4.69) is 0 Å². The summed E-state index contributed by atoms with van der Waals surface area (Å²) in [6.07, 6.45) is 0. The van der Waals surface area contributed by atoms with Gasteiger partial charge < -0.3 is 10.8 Å². The number of carbonyl (C=O) groups is 1. The van der Waals surface area contributed by atoms with E-state index in [1.165, 1.54) is 11.8 Å². The molecule has 0 radical (unpaired) electrons. The van der Waals surface area contributed by atoms with Gasteiger partial charge in [0.15, 0.2) is 0 Å². The third kappa shape index (κ3) is 3.66. The molecule has 0 aliphatic rings. The zero-order valence-corrected chi connectivity index (χ0v) is 8.76. The third-order valence-electron chi connectivity index (χ3n) is 1.68. The van der Waals surface area contributed by atoms with Crippen molar-refractivity contribution in [3.63, 3.8) is 0 Å². The van der Waals surface area contributed by atoms with Crippen LogP contribution >= 0.6 is 11.8 Å². The summed E-state index contributed by atoms with van der Waals surface area (Å²) >= 11 is 1.27. The third-order valence-corrected chi connectivity index (χ3v) is 3.00. The van der Waals surface area contributed by atoms with Crippen molar-refractivity contribution in [1.29, 1.82) is 5.26 Å². The second-order valence-corrected chi connectivity index (χ2v) is 5.30. The Kier molecular flexibility index (Phi) is 4.24. The van der Waals surface area contributed by atoms with Gasteiger partial charge in [-0.3, -0.25) is 4.79 Å². The van der Waals surface area contributed by atoms with Crippen molar-refractivity contribution in [1.82, 2.24) is 0 Å². The first kappa shape index (κ1) is 12.3. The van der Waals surface area contributed by atoms with Crippen LogP contribution in [0, 0.1) is 11.3 Å². The summed E-state index contributed by atoms with van der Waals surface area (Å²) in [5, 5.41) is 17.0. The highest BCUT2D eigenvalue weighted by molar-refractivity contribution is 8.01. The fourth-order valence-electron chi connectivity index (χ4n) is 0.853. The largest absolute Gasteiger partial charge is 0.480 e. The lowest BCUT2D eigenvalue weighted by atomic mass is 10.1. The summed E-state index contributed by atoms with van der Waals surface area (Å²) in [6.45, 7) is 5.18. The fraction of sp³-hybridized carbons (Fsp3) is 0.750. The highest BCUT2D eigenvalue weighted by atomic mass is 32.2. The number of nitrogens with two attached hydrogens (primary N) is 1. The molecule has 0 aliphatic heterocycles. The Balaban J connectivity index is 4.40. The van der Waals surface area contributed by atoms with Crippen LogP contribution in [0.3, 0.4) is 0 Å². The zero-order chi connectivity index (χ0) is 10.6. The Morgan fingerprint density at radius 1 is 1.69 bits per heavy atom. The lowest BCUT2D eigenvalue weighted by Crippen LogP contribution is -2.47. The van der Waals surface area contributed by atoms with Crippen LogP contribution in [0.15, 0.2) is 0 Å². The Hall–Kier alpha value is -0.730. The molecule has 0 aromatic rings. The van der Waals surface area contributed by atoms with Crippen molar-refractivity contribution in [3.8, 4) is 6.07 Å².